The van der Waals surface area contributed by atoms with Crippen molar-refractivity contribution in [2.45, 2.75) is 32.7 Å². The monoisotopic (exact) mass is 255 g/mol. The Morgan fingerprint density at radius 1 is 1.53 bits per heavy atom. The summed E-state index contributed by atoms with van der Waals surface area (Å²) in [6.07, 6.45) is 2.11. The number of hydrogen-bond acceptors (Lipinski definition) is 1. The first kappa shape index (κ1) is 12.8. The minimum Gasteiger partial charge on any atom is -0.316 e. The van der Waals surface area contributed by atoms with Crippen LogP contribution in [0.5, 0.6) is 0 Å². The zero-order valence-electron chi connectivity index (χ0n) is 10.6. The number of nitrogens with one attached hydrogen (secondary N) is 1. The molecule has 94 valence electrons. The Hall–Kier alpha value is -0.600. The van der Waals surface area contributed by atoms with Gasteiger partial charge in [0, 0.05) is 11.1 Å². The maximum Gasteiger partial charge on any atom is 0.124 e. The van der Waals surface area contributed by atoms with E-state index in [0.29, 0.717) is 22.4 Å². The first-order valence-electron chi connectivity index (χ1n) is 6.05. The van der Waals surface area contributed by atoms with Gasteiger partial charge in [0.1, 0.15) is 5.82 Å². The van der Waals surface area contributed by atoms with Crippen LogP contribution in [0.2, 0.25) is 5.02 Å². The molecule has 1 aliphatic rings. The summed E-state index contributed by atoms with van der Waals surface area (Å²) in [5.41, 5.74) is 1.45. The van der Waals surface area contributed by atoms with Crippen molar-refractivity contribution in [3.63, 3.8) is 0 Å². The molecule has 2 unspecified atom stereocenters. The number of likely N-dealkylation sites (N-methyl/N-ethyl adjacent to an activating group) is 1. The van der Waals surface area contributed by atoms with Crippen LogP contribution in [0.4, 0.5) is 4.39 Å². The molecule has 0 heterocycles. The molecular weight excluding hydrogens is 237 g/mol. The van der Waals surface area contributed by atoms with E-state index in [1.807, 2.05) is 7.05 Å². The van der Waals surface area contributed by atoms with Crippen molar-refractivity contribution in [3.05, 3.63) is 34.6 Å². The molecule has 1 aromatic carbocycles. The Morgan fingerprint density at radius 3 is 2.65 bits per heavy atom. The van der Waals surface area contributed by atoms with Gasteiger partial charge in [0.25, 0.3) is 0 Å². The molecule has 1 N–H and O–H groups in total. The molecule has 1 aromatic rings. The highest BCUT2D eigenvalue weighted by molar-refractivity contribution is 6.31. The maximum atomic E-state index is 13.0. The van der Waals surface area contributed by atoms with Gasteiger partial charge in [-0.15, -0.1) is 0 Å². The minimum atomic E-state index is -0.272. The summed E-state index contributed by atoms with van der Waals surface area (Å²) in [5, 5.41) is 3.89. The van der Waals surface area contributed by atoms with Crippen LogP contribution >= 0.6 is 11.6 Å². The van der Waals surface area contributed by atoms with Crippen molar-refractivity contribution in [3.8, 4) is 0 Å². The molecular formula is C14H19ClFN. The lowest BCUT2D eigenvalue weighted by Crippen LogP contribution is -2.31. The molecule has 0 aliphatic heterocycles. The molecule has 0 radical (unpaired) electrons. The summed E-state index contributed by atoms with van der Waals surface area (Å²) in [6.45, 7) is 4.57. The van der Waals surface area contributed by atoms with E-state index in [4.69, 9.17) is 11.6 Å². The molecule has 0 bridgehead atoms. The Bertz CT molecular complexity index is 417. The van der Waals surface area contributed by atoms with Gasteiger partial charge in [0.05, 0.1) is 0 Å². The van der Waals surface area contributed by atoms with E-state index < -0.39 is 0 Å². The van der Waals surface area contributed by atoms with Crippen molar-refractivity contribution < 1.29 is 4.39 Å². The van der Waals surface area contributed by atoms with Crippen LogP contribution in [-0.4, -0.2) is 13.1 Å². The fourth-order valence-corrected chi connectivity index (χ4v) is 2.81. The van der Waals surface area contributed by atoms with Gasteiger partial charge in [-0.2, -0.15) is 0 Å². The molecule has 3 heteroatoms. The molecule has 1 nitrogen and oxygen atoms in total. The third kappa shape index (κ3) is 2.80. The standard InChI is InChI=1S/C14H19ClFN/c1-14(2)8-11(14)13(17-3)6-9-4-5-10(16)7-12(9)15/h4-5,7,11,13,17H,6,8H2,1-3H3. The van der Waals surface area contributed by atoms with Gasteiger partial charge in [-0.05, 0) is 48.9 Å². The van der Waals surface area contributed by atoms with Gasteiger partial charge < -0.3 is 5.32 Å². The summed E-state index contributed by atoms with van der Waals surface area (Å²) in [6, 6.07) is 5.08. The molecule has 2 atom stereocenters. The van der Waals surface area contributed by atoms with Crippen LogP contribution in [0.25, 0.3) is 0 Å². The SMILES string of the molecule is CNC(Cc1ccc(F)cc1Cl)C1CC1(C)C. The van der Waals surface area contributed by atoms with Crippen LogP contribution in [-0.2, 0) is 6.42 Å². The average Bonchev–Trinajstić information content (AvgIpc) is 2.86. The lowest BCUT2D eigenvalue weighted by Gasteiger charge is -2.18. The maximum absolute atomic E-state index is 13.0. The second kappa shape index (κ2) is 4.58. The number of hydrogen-bond donors (Lipinski definition) is 1. The van der Waals surface area contributed by atoms with E-state index in [2.05, 4.69) is 19.2 Å². The van der Waals surface area contributed by atoms with Crippen LogP contribution in [0.1, 0.15) is 25.8 Å². The molecule has 17 heavy (non-hydrogen) atoms. The highest BCUT2D eigenvalue weighted by Crippen LogP contribution is 2.54. The fraction of sp³-hybridized carbons (Fsp3) is 0.571. The van der Waals surface area contributed by atoms with Crippen LogP contribution in [0, 0.1) is 17.2 Å². The highest BCUT2D eigenvalue weighted by Gasteiger charge is 2.49. The van der Waals surface area contributed by atoms with Gasteiger partial charge in [-0.1, -0.05) is 31.5 Å². The van der Waals surface area contributed by atoms with Crippen molar-refractivity contribution in [1.29, 1.82) is 0 Å². The number of halogens is 2. The summed E-state index contributed by atoms with van der Waals surface area (Å²) in [5.74, 6) is 0.417. The van der Waals surface area contributed by atoms with Gasteiger partial charge in [0.2, 0.25) is 0 Å². The van der Waals surface area contributed by atoms with Gasteiger partial charge in [-0.3, -0.25) is 0 Å². The normalized spacial score (nSPS) is 23.5. The summed E-state index contributed by atoms with van der Waals surface area (Å²) < 4.78 is 13.0. The topological polar surface area (TPSA) is 12.0 Å². The van der Waals surface area contributed by atoms with Gasteiger partial charge in [-0.25, -0.2) is 4.39 Å². The van der Waals surface area contributed by atoms with Gasteiger partial charge in [0.15, 0.2) is 0 Å². The molecule has 0 aromatic heterocycles. The van der Waals surface area contributed by atoms with Crippen LogP contribution in [0.3, 0.4) is 0 Å². The molecule has 1 fully saturated rings. The largest absolute Gasteiger partial charge is 0.316 e. The fourth-order valence-electron chi connectivity index (χ4n) is 2.56. The van der Waals surface area contributed by atoms with E-state index in [0.717, 1.165) is 12.0 Å². The van der Waals surface area contributed by atoms with Crippen molar-refractivity contribution in [2.24, 2.45) is 11.3 Å². The smallest absolute Gasteiger partial charge is 0.124 e. The Balaban J connectivity index is 2.09. The van der Waals surface area contributed by atoms with Crippen molar-refractivity contribution >= 4 is 11.6 Å². The molecule has 2 rings (SSSR count). The predicted molar refractivity (Wildman–Crippen MR) is 69.8 cm³/mol. The number of benzene rings is 1. The minimum absolute atomic E-state index is 0.272. The van der Waals surface area contributed by atoms with E-state index in [9.17, 15) is 4.39 Å². The predicted octanol–water partition coefficient (Wildman–Crippen LogP) is 3.66. The summed E-state index contributed by atoms with van der Waals surface area (Å²) in [4.78, 5) is 0. The number of rotatable bonds is 4. The zero-order valence-corrected chi connectivity index (χ0v) is 11.3. The summed E-state index contributed by atoms with van der Waals surface area (Å²) >= 11 is 6.06. The zero-order chi connectivity index (χ0) is 12.6. The van der Waals surface area contributed by atoms with Crippen LogP contribution in [0.15, 0.2) is 18.2 Å². The van der Waals surface area contributed by atoms with Gasteiger partial charge >= 0.3 is 0 Å². The second-order valence-corrected chi connectivity index (χ2v) is 6.04. The Kier molecular flexibility index (Phi) is 3.46. The molecule has 1 aliphatic carbocycles. The summed E-state index contributed by atoms with van der Waals surface area (Å²) in [7, 11) is 1.98. The third-order valence-electron chi connectivity index (χ3n) is 3.90. The van der Waals surface area contributed by atoms with Crippen molar-refractivity contribution in [2.75, 3.05) is 7.05 Å². The molecule has 0 spiro atoms. The highest BCUT2D eigenvalue weighted by atomic mass is 35.5. The van der Waals surface area contributed by atoms with E-state index in [1.54, 1.807) is 6.07 Å². The van der Waals surface area contributed by atoms with Crippen molar-refractivity contribution in [1.82, 2.24) is 5.32 Å². The lowest BCUT2D eigenvalue weighted by molar-refractivity contribution is 0.426. The van der Waals surface area contributed by atoms with E-state index in [1.165, 1.54) is 18.6 Å². The Labute approximate surface area is 107 Å². The lowest BCUT2D eigenvalue weighted by atomic mass is 9.97. The van der Waals surface area contributed by atoms with E-state index in [-0.39, 0.29) is 5.82 Å². The Morgan fingerprint density at radius 2 is 2.18 bits per heavy atom. The molecule has 1 saturated carbocycles. The second-order valence-electron chi connectivity index (χ2n) is 5.63. The third-order valence-corrected chi connectivity index (χ3v) is 4.25. The first-order chi connectivity index (χ1) is 7.94. The first-order valence-corrected chi connectivity index (χ1v) is 6.43. The molecule has 0 saturated heterocycles. The van der Waals surface area contributed by atoms with Crippen LogP contribution < -0.4 is 5.32 Å². The average molecular weight is 256 g/mol. The quantitative estimate of drug-likeness (QED) is 0.866. The molecule has 0 amide bonds. The van der Waals surface area contributed by atoms with E-state index >= 15 is 0 Å².